The molecule has 0 spiro atoms. The highest BCUT2D eigenvalue weighted by Gasteiger charge is 2.28. The number of nitrogens with zero attached hydrogens (tertiary/aromatic N) is 5. The van der Waals surface area contributed by atoms with Crippen molar-refractivity contribution in [1.29, 1.82) is 10.5 Å². The van der Waals surface area contributed by atoms with Crippen molar-refractivity contribution in [3.63, 3.8) is 0 Å². The van der Waals surface area contributed by atoms with Crippen molar-refractivity contribution < 1.29 is 0 Å². The molecule has 0 unspecified atom stereocenters. The van der Waals surface area contributed by atoms with Gasteiger partial charge in [0, 0.05) is 0 Å². The minimum Gasteiger partial charge on any atom is -0.219 e. The Morgan fingerprint density at radius 2 is 1.65 bits per heavy atom. The maximum atomic E-state index is 9.43. The third-order valence-corrected chi connectivity index (χ3v) is 3.99. The van der Waals surface area contributed by atoms with Gasteiger partial charge in [-0.25, -0.2) is 10.9 Å². The fourth-order valence-electron chi connectivity index (χ4n) is 2.29. The number of benzene rings is 1. The van der Waals surface area contributed by atoms with Crippen molar-refractivity contribution >= 4 is 6.34 Å². The summed E-state index contributed by atoms with van der Waals surface area (Å²) >= 11 is 0. The zero-order valence-electron chi connectivity index (χ0n) is 14.0. The molecule has 6 heteroatoms. The van der Waals surface area contributed by atoms with E-state index in [9.17, 15) is 10.5 Å². The summed E-state index contributed by atoms with van der Waals surface area (Å²) in [4.78, 5) is 0. The second-order valence-electron chi connectivity index (χ2n) is 6.87. The molecule has 0 saturated heterocycles. The zero-order valence-corrected chi connectivity index (χ0v) is 14.0. The molecular formula is C17H21N6+. The van der Waals surface area contributed by atoms with E-state index < -0.39 is 10.8 Å². The lowest BCUT2D eigenvalue weighted by Gasteiger charge is -2.23. The van der Waals surface area contributed by atoms with Gasteiger partial charge in [-0.2, -0.15) is 10.5 Å². The summed E-state index contributed by atoms with van der Waals surface area (Å²) in [7, 11) is 0. The van der Waals surface area contributed by atoms with Gasteiger partial charge in [-0.1, -0.05) is 23.2 Å². The molecule has 0 fully saturated rings. The molecule has 0 bridgehead atoms. The van der Waals surface area contributed by atoms with Crippen LogP contribution >= 0.6 is 0 Å². The molecule has 1 aliphatic heterocycles. The van der Waals surface area contributed by atoms with Crippen molar-refractivity contribution in [2.24, 2.45) is 10.9 Å². The summed E-state index contributed by atoms with van der Waals surface area (Å²) in [5, 5.41) is 26.1. The highest BCUT2D eigenvalue weighted by Crippen LogP contribution is 2.30. The van der Waals surface area contributed by atoms with E-state index in [1.807, 2.05) is 45.9 Å². The molecule has 0 radical (unpaired) electrons. The van der Waals surface area contributed by atoms with E-state index in [-0.39, 0.29) is 0 Å². The average molecular weight is 309 g/mol. The molecule has 0 amide bonds. The first-order valence-corrected chi connectivity index (χ1v) is 7.39. The first-order valence-electron chi connectivity index (χ1n) is 7.39. The largest absolute Gasteiger partial charge is 0.561 e. The highest BCUT2D eigenvalue weighted by atomic mass is 15.6. The Labute approximate surface area is 137 Å². The Morgan fingerprint density at radius 3 is 2.04 bits per heavy atom. The molecule has 23 heavy (non-hydrogen) atoms. The summed E-state index contributed by atoms with van der Waals surface area (Å²) in [6, 6.07) is 10.6. The molecule has 0 aliphatic carbocycles. The van der Waals surface area contributed by atoms with E-state index in [4.69, 9.17) is 5.84 Å². The van der Waals surface area contributed by atoms with Gasteiger partial charge in [-0.3, -0.25) is 0 Å². The first kappa shape index (κ1) is 16.7. The zero-order chi connectivity index (χ0) is 17.3. The van der Waals surface area contributed by atoms with Crippen LogP contribution in [0.15, 0.2) is 23.3 Å². The van der Waals surface area contributed by atoms with Gasteiger partial charge in [0.05, 0.1) is 29.5 Å². The third kappa shape index (κ3) is 3.57. The smallest absolute Gasteiger partial charge is 0.219 e. The van der Waals surface area contributed by atoms with E-state index in [1.165, 1.54) is 5.01 Å². The van der Waals surface area contributed by atoms with Crippen molar-refractivity contribution in [2.75, 3.05) is 6.67 Å². The van der Waals surface area contributed by atoms with Crippen molar-refractivity contribution in [3.8, 4) is 12.1 Å². The first-order chi connectivity index (χ1) is 10.7. The highest BCUT2D eigenvalue weighted by molar-refractivity contribution is 5.55. The summed E-state index contributed by atoms with van der Waals surface area (Å²) in [6.07, 6.45) is 2.66. The van der Waals surface area contributed by atoms with Crippen LogP contribution in [-0.4, -0.2) is 23.0 Å². The van der Waals surface area contributed by atoms with Crippen molar-refractivity contribution in [3.05, 3.63) is 34.9 Å². The molecule has 0 saturated carbocycles. The molecule has 1 heterocycles. The van der Waals surface area contributed by atoms with Gasteiger partial charge in [0.25, 0.3) is 0 Å². The van der Waals surface area contributed by atoms with Gasteiger partial charge in [-0.15, -0.1) is 0 Å². The maximum absolute atomic E-state index is 9.43. The fraction of sp³-hybridized carbons (Fsp3) is 0.471. The minimum atomic E-state index is -0.628. The van der Waals surface area contributed by atoms with Crippen LogP contribution in [-0.2, 0) is 17.4 Å². The van der Waals surface area contributed by atoms with Crippen LogP contribution in [0.1, 0.15) is 44.4 Å². The van der Waals surface area contributed by atoms with Gasteiger partial charge in [-0.05, 0) is 44.4 Å². The lowest BCUT2D eigenvalue weighted by atomic mass is 9.79. The molecule has 1 aromatic rings. The fourth-order valence-corrected chi connectivity index (χ4v) is 2.29. The minimum absolute atomic E-state index is 0.461. The molecule has 0 atom stereocenters. The Balaban J connectivity index is 2.44. The standard InChI is InChI=1S/C17H21N6/c1-16(2,9-18)14-5-13(8-23-12-22(20)11-21-23)6-15(7-14)17(3,4)10-19/h5-7H,8,12,20H2,1-4H3/q+1. The SMILES string of the molecule is CC(C)(C#N)c1cc(CN2CN(N)[C+]=N2)cc(C(C)(C)C#N)c1. The number of rotatable bonds is 4. The molecule has 6 nitrogen and oxygen atoms in total. The average Bonchev–Trinajstić information content (AvgIpc) is 2.92. The molecule has 118 valence electrons. The second kappa shape index (κ2) is 5.85. The van der Waals surface area contributed by atoms with Crippen molar-refractivity contribution in [1.82, 2.24) is 10.0 Å². The number of nitrogens with two attached hydrogens (primary N) is 1. The van der Waals surface area contributed by atoms with Gasteiger partial charge in [0.1, 0.15) is 5.10 Å². The molecular weight excluding hydrogens is 288 g/mol. The van der Waals surface area contributed by atoms with Crippen LogP contribution in [0.5, 0.6) is 0 Å². The number of nitriles is 2. The quantitative estimate of drug-likeness (QED) is 0.679. The maximum Gasteiger partial charge on any atom is 0.561 e. The van der Waals surface area contributed by atoms with Gasteiger partial charge in [0.2, 0.25) is 0 Å². The molecule has 1 aliphatic rings. The molecule has 1 aromatic carbocycles. The van der Waals surface area contributed by atoms with E-state index in [1.54, 1.807) is 5.01 Å². The Bertz CT molecular complexity index is 661. The van der Waals surface area contributed by atoms with E-state index in [2.05, 4.69) is 23.6 Å². The number of hydrogen-bond acceptors (Lipinski definition) is 6. The van der Waals surface area contributed by atoms with Crippen molar-refractivity contribution in [2.45, 2.75) is 45.1 Å². The second-order valence-corrected chi connectivity index (χ2v) is 6.87. The lowest BCUT2D eigenvalue weighted by Crippen LogP contribution is -2.32. The number of hydrazone groups is 1. The van der Waals surface area contributed by atoms with Gasteiger partial charge >= 0.3 is 6.34 Å². The Morgan fingerprint density at radius 1 is 1.13 bits per heavy atom. The topological polar surface area (TPSA) is 92.4 Å². The number of hydrazine groups is 1. The monoisotopic (exact) mass is 309 g/mol. The van der Waals surface area contributed by atoms with E-state index >= 15 is 0 Å². The molecule has 0 aromatic heterocycles. The van der Waals surface area contributed by atoms with E-state index in [0.29, 0.717) is 13.2 Å². The lowest BCUT2D eigenvalue weighted by molar-refractivity contribution is 0.230. The van der Waals surface area contributed by atoms with E-state index in [0.717, 1.165) is 16.7 Å². The summed E-state index contributed by atoms with van der Waals surface area (Å²) in [5.41, 5.74) is 1.53. The van der Waals surface area contributed by atoms with Crippen LogP contribution in [0.2, 0.25) is 0 Å². The number of hydrogen-bond donors (Lipinski definition) is 1. The Hall–Kier alpha value is -2.66. The summed E-state index contributed by atoms with van der Waals surface area (Å²) in [6.45, 7) is 8.50. The summed E-state index contributed by atoms with van der Waals surface area (Å²) < 4.78 is 0. The predicted molar refractivity (Wildman–Crippen MR) is 87.6 cm³/mol. The van der Waals surface area contributed by atoms with Crippen LogP contribution < -0.4 is 5.84 Å². The third-order valence-electron chi connectivity index (χ3n) is 3.99. The summed E-state index contributed by atoms with van der Waals surface area (Å²) in [5.74, 6) is 5.62. The van der Waals surface area contributed by atoms with Crippen LogP contribution in [0.4, 0.5) is 0 Å². The van der Waals surface area contributed by atoms with Crippen LogP contribution in [0.3, 0.4) is 0 Å². The molecule has 2 N–H and O–H groups in total. The normalized spacial score (nSPS) is 14.4. The van der Waals surface area contributed by atoms with Gasteiger partial charge < -0.3 is 0 Å². The van der Waals surface area contributed by atoms with Crippen LogP contribution in [0.25, 0.3) is 0 Å². The Kier molecular flexibility index (Phi) is 4.25. The molecule has 2 rings (SSSR count). The van der Waals surface area contributed by atoms with Crippen LogP contribution in [0, 0.1) is 22.7 Å². The van der Waals surface area contributed by atoms with Gasteiger partial charge in [0.15, 0.2) is 6.67 Å². The predicted octanol–water partition coefficient (Wildman–Crippen LogP) is 2.06.